The minimum Gasteiger partial charge on any atom is -0.306 e. The van der Waals surface area contributed by atoms with Gasteiger partial charge in [0.05, 0.1) is 16.4 Å². The Hall–Kier alpha value is -4.23. The molecule has 36 heavy (non-hydrogen) atoms. The number of amides is 1. The van der Waals surface area contributed by atoms with Crippen LogP contribution >= 0.6 is 15.9 Å². The third-order valence-electron chi connectivity index (χ3n) is 4.98. The van der Waals surface area contributed by atoms with Crippen LogP contribution in [-0.2, 0) is 10.5 Å². The van der Waals surface area contributed by atoms with Crippen molar-refractivity contribution >= 4 is 43.8 Å². The van der Waals surface area contributed by atoms with E-state index in [-0.39, 0.29) is 5.91 Å². The van der Waals surface area contributed by atoms with Crippen LogP contribution in [0.1, 0.15) is 21.5 Å². The maximum absolute atomic E-state index is 13.1. The quantitative estimate of drug-likeness (QED) is 0.330. The molecule has 1 amide bonds. The number of nitrogens with one attached hydrogen (secondary N) is 2. The number of rotatable bonds is 4. The molecule has 0 atom stereocenters. The third kappa shape index (κ3) is 5.70. The number of aromatic nitrogens is 6. The maximum atomic E-state index is 13.1. The van der Waals surface area contributed by atoms with Crippen LogP contribution in [0.3, 0.4) is 0 Å². The summed E-state index contributed by atoms with van der Waals surface area (Å²) in [6, 6.07) is 13.7. The second-order valence-corrected chi connectivity index (χ2v) is 9.06. The highest BCUT2D eigenvalue weighted by Gasteiger charge is 2.19. The molecule has 0 saturated heterocycles. The molecule has 2 N–H and O–H groups in total. The molecule has 4 heterocycles. The van der Waals surface area contributed by atoms with Gasteiger partial charge in [-0.1, -0.05) is 35.9 Å². The first kappa shape index (κ1) is 24.9. The zero-order chi connectivity index (χ0) is 25.8. The van der Waals surface area contributed by atoms with Crippen LogP contribution in [0, 0.1) is 18.6 Å². The van der Waals surface area contributed by atoms with Gasteiger partial charge >= 0.3 is 10.5 Å². The zero-order valence-corrected chi connectivity index (χ0v) is 21.4. The van der Waals surface area contributed by atoms with Crippen molar-refractivity contribution in [3.63, 3.8) is 0 Å². The Morgan fingerprint density at radius 2 is 1.69 bits per heavy atom. The smallest absolute Gasteiger partial charge is 0.306 e. The Morgan fingerprint density at radius 1 is 1.00 bits per heavy atom. The number of carbonyl (C=O) groups is 1. The molecule has 0 spiro atoms. The van der Waals surface area contributed by atoms with E-state index in [0.29, 0.717) is 22.8 Å². The van der Waals surface area contributed by atoms with Crippen LogP contribution in [0.2, 0.25) is 0 Å². The second kappa shape index (κ2) is 10.6. The van der Waals surface area contributed by atoms with Gasteiger partial charge < -0.3 is 5.32 Å². The number of aryl methyl sites for hydroxylation is 2. The molecule has 0 aliphatic heterocycles. The van der Waals surface area contributed by atoms with Crippen molar-refractivity contribution in [2.45, 2.75) is 13.8 Å². The number of hydrogen-bond donors (Lipinski definition) is 2. The molecule has 182 valence electrons. The van der Waals surface area contributed by atoms with Crippen LogP contribution in [0.25, 0.3) is 22.7 Å². The van der Waals surface area contributed by atoms with E-state index in [1.54, 1.807) is 27.8 Å². The lowest BCUT2D eigenvalue weighted by Crippen LogP contribution is -2.15. The number of anilines is 1. The van der Waals surface area contributed by atoms with Crippen LogP contribution in [0.15, 0.2) is 71.7 Å². The van der Waals surface area contributed by atoms with E-state index in [4.69, 9.17) is 18.3 Å². The summed E-state index contributed by atoms with van der Waals surface area (Å²) in [5.41, 5.74) is 4.69. The summed E-state index contributed by atoms with van der Waals surface area (Å²) in [4.78, 5) is 21.9. The highest BCUT2D eigenvalue weighted by molar-refractivity contribution is 9.10. The molecule has 0 saturated carbocycles. The average Bonchev–Trinajstić information content (AvgIpc) is 3.44. The summed E-state index contributed by atoms with van der Waals surface area (Å²) in [5, 5.41) is 11.9. The fourth-order valence-electron chi connectivity index (χ4n) is 3.29. The molecule has 0 aliphatic carbocycles. The van der Waals surface area contributed by atoms with Crippen molar-refractivity contribution < 1.29 is 13.2 Å². The molecular weight excluding hydrogens is 548 g/mol. The number of hydrogen-bond acceptors (Lipinski definition) is 8. The largest absolute Gasteiger partial charge is 0.308 e. The second-order valence-electron chi connectivity index (χ2n) is 7.67. The molecule has 0 aliphatic rings. The van der Waals surface area contributed by atoms with Gasteiger partial charge in [0.1, 0.15) is 11.4 Å². The van der Waals surface area contributed by atoms with Gasteiger partial charge in [-0.3, -0.25) is 4.79 Å². The highest BCUT2D eigenvalue weighted by atomic mass is 79.9. The predicted molar refractivity (Wildman–Crippen MR) is 137 cm³/mol. The SMILES string of the molecule is Cc1ccc(-c2cc(NC(=O)c3cnn4cc(Br)cnc34)n(-c3ccc(C)cn3)n2)cc1.N=S(=O)=O. The molecule has 0 fully saturated rings. The van der Waals surface area contributed by atoms with E-state index in [0.717, 1.165) is 26.9 Å². The first-order chi connectivity index (χ1) is 17.2. The van der Waals surface area contributed by atoms with E-state index in [1.165, 1.54) is 6.20 Å². The lowest BCUT2D eigenvalue weighted by atomic mass is 10.1. The normalized spacial score (nSPS) is 10.5. The van der Waals surface area contributed by atoms with Crippen LogP contribution in [-0.4, -0.2) is 43.7 Å². The molecule has 5 rings (SSSR count). The summed E-state index contributed by atoms with van der Waals surface area (Å²) in [7, 11) is -2.61. The molecule has 1 aromatic carbocycles. The number of halogens is 1. The first-order valence-electron chi connectivity index (χ1n) is 10.4. The van der Waals surface area contributed by atoms with Crippen molar-refractivity contribution in [3.8, 4) is 17.1 Å². The zero-order valence-electron chi connectivity index (χ0n) is 19.0. The van der Waals surface area contributed by atoms with Crippen molar-refractivity contribution in [2.75, 3.05) is 5.32 Å². The molecule has 0 bridgehead atoms. The Bertz CT molecular complexity index is 1660. The number of nitrogens with zero attached hydrogens (tertiary/aromatic N) is 6. The Balaban J connectivity index is 0.000000709. The summed E-state index contributed by atoms with van der Waals surface area (Å²) >= 11 is 3.36. The molecule has 0 radical (unpaired) electrons. The van der Waals surface area contributed by atoms with E-state index < -0.39 is 10.5 Å². The fraction of sp³-hybridized carbons (Fsp3) is 0.0870. The van der Waals surface area contributed by atoms with E-state index in [2.05, 4.69) is 36.3 Å². The summed E-state index contributed by atoms with van der Waals surface area (Å²) in [6.07, 6.45) is 6.63. The van der Waals surface area contributed by atoms with E-state index in [9.17, 15) is 4.79 Å². The minimum absolute atomic E-state index is 0.335. The fourth-order valence-corrected chi connectivity index (χ4v) is 3.59. The van der Waals surface area contributed by atoms with Gasteiger partial charge in [-0.2, -0.15) is 28.1 Å². The first-order valence-corrected chi connectivity index (χ1v) is 12.3. The van der Waals surface area contributed by atoms with Crippen molar-refractivity contribution in [1.82, 2.24) is 29.4 Å². The molecule has 5 aromatic rings. The molecule has 13 heteroatoms. The summed E-state index contributed by atoms with van der Waals surface area (Å²) < 4.78 is 26.8. The van der Waals surface area contributed by atoms with Crippen molar-refractivity contribution in [2.24, 2.45) is 0 Å². The Morgan fingerprint density at radius 3 is 2.36 bits per heavy atom. The lowest BCUT2D eigenvalue weighted by Gasteiger charge is -2.08. The van der Waals surface area contributed by atoms with Gasteiger partial charge in [0, 0.05) is 30.2 Å². The van der Waals surface area contributed by atoms with Gasteiger partial charge in [0.15, 0.2) is 11.5 Å². The Kier molecular flexibility index (Phi) is 7.31. The Labute approximate surface area is 215 Å². The van der Waals surface area contributed by atoms with E-state index in [1.807, 2.05) is 56.3 Å². The number of carbonyl (C=O) groups excluding carboxylic acids is 1. The van der Waals surface area contributed by atoms with Gasteiger partial charge in [-0.25, -0.2) is 14.5 Å². The molecule has 0 unspecified atom stereocenters. The van der Waals surface area contributed by atoms with Gasteiger partial charge in [0.25, 0.3) is 5.91 Å². The topological polar surface area (TPSA) is 148 Å². The summed E-state index contributed by atoms with van der Waals surface area (Å²) in [6.45, 7) is 4.00. The van der Waals surface area contributed by atoms with Crippen molar-refractivity contribution in [3.05, 3.63) is 88.4 Å². The van der Waals surface area contributed by atoms with Crippen LogP contribution in [0.4, 0.5) is 5.82 Å². The molecular formula is C23H19BrN8O3S. The molecule has 4 aromatic heterocycles. The standard InChI is InChI=1S/C23H18BrN7O.HNO2S/c1-14-3-6-16(7-4-14)19-9-21(31(29-19)20-8-5-15(2)10-25-20)28-23(32)18-12-27-30-13-17(24)11-26-22(18)30;1-4(2)3/h3-13H,1-2H3,(H,28,32);1H. The lowest BCUT2D eigenvalue weighted by molar-refractivity contribution is 0.102. The monoisotopic (exact) mass is 566 g/mol. The predicted octanol–water partition coefficient (Wildman–Crippen LogP) is 4.24. The minimum atomic E-state index is -2.61. The number of benzene rings is 1. The summed E-state index contributed by atoms with van der Waals surface area (Å²) in [5.74, 6) is 0.767. The van der Waals surface area contributed by atoms with E-state index >= 15 is 0 Å². The van der Waals surface area contributed by atoms with Crippen LogP contribution in [0.5, 0.6) is 0 Å². The van der Waals surface area contributed by atoms with Gasteiger partial charge in [-0.15, -0.1) is 0 Å². The number of fused-ring (bicyclic) bond motifs is 1. The van der Waals surface area contributed by atoms with Gasteiger partial charge in [-0.05, 0) is 41.4 Å². The van der Waals surface area contributed by atoms with Crippen molar-refractivity contribution in [1.29, 1.82) is 4.78 Å². The maximum Gasteiger partial charge on any atom is 0.308 e. The third-order valence-corrected chi connectivity index (χ3v) is 5.39. The van der Waals surface area contributed by atoms with Gasteiger partial charge in [0.2, 0.25) is 0 Å². The van der Waals surface area contributed by atoms with Crippen LogP contribution < -0.4 is 5.32 Å². The highest BCUT2D eigenvalue weighted by Crippen LogP contribution is 2.25. The number of pyridine rings is 1. The molecule has 11 nitrogen and oxygen atoms in total. The average molecular weight is 567 g/mol.